The third-order valence-electron chi connectivity index (χ3n) is 1.68. The molecule has 0 atom stereocenters. The predicted octanol–water partition coefficient (Wildman–Crippen LogP) is 2.89. The minimum absolute atomic E-state index is 0.0219. The van der Waals surface area contributed by atoms with Crippen molar-refractivity contribution in [1.29, 1.82) is 0 Å². The van der Waals surface area contributed by atoms with Gasteiger partial charge in [0.05, 0.1) is 10.7 Å². The predicted molar refractivity (Wildman–Crippen MR) is 58.6 cm³/mol. The molecule has 0 radical (unpaired) electrons. The summed E-state index contributed by atoms with van der Waals surface area (Å²) in [6, 6.07) is 1.69. The lowest BCUT2D eigenvalue weighted by molar-refractivity contribution is 0.0691. The Morgan fingerprint density at radius 3 is 2.73 bits per heavy atom. The summed E-state index contributed by atoms with van der Waals surface area (Å²) in [5, 5.41) is 8.68. The fourth-order valence-electron chi connectivity index (χ4n) is 1.02. The summed E-state index contributed by atoms with van der Waals surface area (Å²) in [4.78, 5) is 17.1. The second-order valence-corrected chi connectivity index (χ2v) is 4.26. The van der Waals surface area contributed by atoms with Gasteiger partial charge in [-0.1, -0.05) is 0 Å². The van der Waals surface area contributed by atoms with Crippen LogP contribution in [0.4, 0.5) is 0 Å². The number of carboxylic acids is 1. The van der Waals surface area contributed by atoms with Gasteiger partial charge in [-0.2, -0.15) is 0 Å². The fourth-order valence-corrected chi connectivity index (χ4v) is 1.60. The summed E-state index contributed by atoms with van der Waals surface area (Å²) in [6.45, 7) is 0. The zero-order valence-electron chi connectivity index (χ0n) is 7.12. The van der Waals surface area contributed by atoms with Crippen molar-refractivity contribution < 1.29 is 14.3 Å². The van der Waals surface area contributed by atoms with E-state index in [1.807, 2.05) is 0 Å². The third kappa shape index (κ3) is 1.98. The number of H-pyrrole nitrogens is 1. The molecule has 2 aromatic heterocycles. The highest BCUT2D eigenvalue weighted by Gasteiger charge is 2.13. The highest BCUT2D eigenvalue weighted by molar-refractivity contribution is 9.13. The van der Waals surface area contributed by atoms with Crippen molar-refractivity contribution in [3.05, 3.63) is 27.1 Å². The van der Waals surface area contributed by atoms with Gasteiger partial charge in [-0.15, -0.1) is 0 Å². The monoisotopic (exact) mass is 334 g/mol. The molecule has 0 saturated carbocycles. The Labute approximate surface area is 101 Å². The average Bonchev–Trinajstić information content (AvgIpc) is 2.74. The van der Waals surface area contributed by atoms with Crippen molar-refractivity contribution in [1.82, 2.24) is 9.97 Å². The van der Waals surface area contributed by atoms with E-state index in [4.69, 9.17) is 9.52 Å². The number of rotatable bonds is 2. The molecule has 2 heterocycles. The van der Waals surface area contributed by atoms with Crippen molar-refractivity contribution in [2.45, 2.75) is 0 Å². The molecule has 2 aromatic rings. The summed E-state index contributed by atoms with van der Waals surface area (Å²) in [7, 11) is 0. The molecule has 78 valence electrons. The number of furan rings is 1. The first-order chi connectivity index (χ1) is 7.08. The Bertz CT molecular complexity index is 498. The SMILES string of the molecule is O=C(O)c1cnc(-c2cc(Br)c(Br)o2)[nH]1. The van der Waals surface area contributed by atoms with Gasteiger partial charge in [-0.25, -0.2) is 9.78 Å². The molecule has 0 unspecified atom stereocenters. The molecular formula is C8H4Br2N2O3. The van der Waals surface area contributed by atoms with E-state index in [1.54, 1.807) is 6.07 Å². The minimum Gasteiger partial charge on any atom is -0.477 e. The number of imidazole rings is 1. The van der Waals surface area contributed by atoms with Gasteiger partial charge in [0.25, 0.3) is 0 Å². The largest absolute Gasteiger partial charge is 0.477 e. The lowest BCUT2D eigenvalue weighted by Gasteiger charge is -1.88. The van der Waals surface area contributed by atoms with Gasteiger partial charge >= 0.3 is 5.97 Å². The molecule has 5 nitrogen and oxygen atoms in total. The van der Waals surface area contributed by atoms with E-state index in [-0.39, 0.29) is 5.69 Å². The number of hydrogen-bond acceptors (Lipinski definition) is 3. The van der Waals surface area contributed by atoms with Gasteiger partial charge in [-0.05, 0) is 31.9 Å². The number of carboxylic acid groups (broad SMARTS) is 1. The van der Waals surface area contributed by atoms with Crippen LogP contribution in [0.5, 0.6) is 0 Å². The zero-order valence-corrected chi connectivity index (χ0v) is 10.3. The molecule has 0 fully saturated rings. The maximum absolute atomic E-state index is 10.6. The summed E-state index contributed by atoms with van der Waals surface area (Å²) in [5.41, 5.74) is 0.0219. The van der Waals surface area contributed by atoms with Gasteiger partial charge in [0.2, 0.25) is 0 Å². The minimum atomic E-state index is -1.06. The molecule has 0 aromatic carbocycles. The smallest absolute Gasteiger partial charge is 0.353 e. The molecule has 0 aliphatic carbocycles. The van der Waals surface area contributed by atoms with Crippen LogP contribution in [0, 0.1) is 0 Å². The topological polar surface area (TPSA) is 79.1 Å². The van der Waals surface area contributed by atoms with Crippen LogP contribution in [0.2, 0.25) is 0 Å². The molecule has 15 heavy (non-hydrogen) atoms. The van der Waals surface area contributed by atoms with Gasteiger partial charge < -0.3 is 14.5 Å². The van der Waals surface area contributed by atoms with Gasteiger partial charge in [0, 0.05) is 6.07 Å². The van der Waals surface area contributed by atoms with E-state index in [9.17, 15) is 4.79 Å². The van der Waals surface area contributed by atoms with Gasteiger partial charge in [0.1, 0.15) is 5.69 Å². The summed E-state index contributed by atoms with van der Waals surface area (Å²) >= 11 is 6.43. The standard InChI is InChI=1S/C8H4Br2N2O3/c9-3-1-5(15-6(3)10)7-11-2-4(12-7)8(13)14/h1-2H,(H,11,12)(H,13,14). The molecule has 2 rings (SSSR count). The number of aromatic carboxylic acids is 1. The van der Waals surface area contributed by atoms with Crippen molar-refractivity contribution in [2.24, 2.45) is 0 Å². The molecule has 0 aliphatic rings. The molecule has 0 bridgehead atoms. The lowest BCUT2D eigenvalue weighted by Crippen LogP contribution is -1.95. The number of nitrogens with one attached hydrogen (secondary N) is 1. The lowest BCUT2D eigenvalue weighted by atomic mass is 10.4. The van der Waals surface area contributed by atoms with Gasteiger partial charge in [-0.3, -0.25) is 0 Å². The number of carbonyl (C=O) groups is 1. The highest BCUT2D eigenvalue weighted by Crippen LogP contribution is 2.31. The molecule has 0 amide bonds. The zero-order chi connectivity index (χ0) is 11.0. The first-order valence-corrected chi connectivity index (χ1v) is 5.40. The van der Waals surface area contributed by atoms with Crippen LogP contribution >= 0.6 is 31.9 Å². The average molecular weight is 336 g/mol. The Balaban J connectivity index is 2.41. The molecule has 7 heteroatoms. The Hall–Kier alpha value is -1.08. The number of nitrogens with zero attached hydrogens (tertiary/aromatic N) is 1. The summed E-state index contributed by atoms with van der Waals surface area (Å²) in [5.74, 6) is -0.224. The van der Waals surface area contributed by atoms with Crippen molar-refractivity contribution in [3.63, 3.8) is 0 Å². The number of hydrogen-bond donors (Lipinski definition) is 2. The Kier molecular flexibility index (Phi) is 2.66. The normalized spacial score (nSPS) is 10.5. The van der Waals surface area contributed by atoms with Crippen molar-refractivity contribution in [2.75, 3.05) is 0 Å². The molecule has 0 saturated heterocycles. The van der Waals surface area contributed by atoms with E-state index in [0.29, 0.717) is 16.3 Å². The number of aromatic amines is 1. The van der Waals surface area contributed by atoms with Crippen LogP contribution in [0.1, 0.15) is 10.5 Å². The quantitative estimate of drug-likeness (QED) is 0.884. The number of aromatic nitrogens is 2. The molecular weight excluding hydrogens is 332 g/mol. The van der Waals surface area contributed by atoms with E-state index in [1.165, 1.54) is 6.20 Å². The van der Waals surface area contributed by atoms with E-state index in [2.05, 4.69) is 41.8 Å². The second kappa shape index (κ2) is 3.82. The first-order valence-electron chi connectivity index (χ1n) is 3.81. The van der Waals surface area contributed by atoms with Crippen molar-refractivity contribution in [3.8, 4) is 11.6 Å². The Morgan fingerprint density at radius 2 is 2.27 bits per heavy atom. The van der Waals surface area contributed by atoms with Crippen LogP contribution in [-0.4, -0.2) is 21.0 Å². The molecule has 2 N–H and O–H groups in total. The molecule has 0 spiro atoms. The highest BCUT2D eigenvalue weighted by atomic mass is 79.9. The Morgan fingerprint density at radius 1 is 1.53 bits per heavy atom. The summed E-state index contributed by atoms with van der Waals surface area (Å²) in [6.07, 6.45) is 1.24. The van der Waals surface area contributed by atoms with Crippen LogP contribution in [-0.2, 0) is 0 Å². The second-order valence-electron chi connectivity index (χ2n) is 2.68. The van der Waals surface area contributed by atoms with E-state index in [0.717, 1.165) is 4.47 Å². The van der Waals surface area contributed by atoms with Crippen LogP contribution in [0.15, 0.2) is 25.8 Å². The van der Waals surface area contributed by atoms with Crippen LogP contribution < -0.4 is 0 Å². The maximum Gasteiger partial charge on any atom is 0.353 e. The molecule has 0 aliphatic heterocycles. The maximum atomic E-state index is 10.6. The third-order valence-corrected chi connectivity index (χ3v) is 3.39. The number of halogens is 2. The van der Waals surface area contributed by atoms with Gasteiger partial charge in [0.15, 0.2) is 16.3 Å². The summed E-state index contributed by atoms with van der Waals surface area (Å²) < 4.78 is 6.55. The van der Waals surface area contributed by atoms with Crippen molar-refractivity contribution >= 4 is 37.8 Å². The first kappa shape index (κ1) is 10.4. The van der Waals surface area contributed by atoms with Crippen LogP contribution in [0.3, 0.4) is 0 Å². The van der Waals surface area contributed by atoms with E-state index >= 15 is 0 Å². The fraction of sp³-hybridized carbons (Fsp3) is 0. The van der Waals surface area contributed by atoms with Crippen LogP contribution in [0.25, 0.3) is 11.6 Å². The van der Waals surface area contributed by atoms with E-state index < -0.39 is 5.97 Å².